The van der Waals surface area contributed by atoms with Gasteiger partial charge in [0.15, 0.2) is 0 Å². The lowest BCUT2D eigenvalue weighted by atomic mass is 9.94. The molecule has 144 valence electrons. The molecule has 2 heterocycles. The van der Waals surface area contributed by atoms with Gasteiger partial charge in [-0.3, -0.25) is 5.41 Å². The molecule has 1 aromatic carbocycles. The molecule has 0 unspecified atom stereocenters. The summed E-state index contributed by atoms with van der Waals surface area (Å²) in [5.41, 5.74) is -0.0175. The van der Waals surface area contributed by atoms with E-state index in [0.29, 0.717) is 35.9 Å². The summed E-state index contributed by atoms with van der Waals surface area (Å²) in [5.74, 6) is 1.38. The molecule has 1 fully saturated rings. The second kappa shape index (κ2) is 8.00. The molecular weight excluding hydrogens is 347 g/mol. The number of benzene rings is 1. The van der Waals surface area contributed by atoms with Crippen LogP contribution >= 0.6 is 0 Å². The van der Waals surface area contributed by atoms with Crippen LogP contribution in [0.1, 0.15) is 37.9 Å². The molecule has 2 aromatic rings. The highest BCUT2D eigenvalue weighted by Crippen LogP contribution is 2.28. The zero-order valence-electron chi connectivity index (χ0n) is 15.7. The molecule has 7 heteroatoms. The van der Waals surface area contributed by atoms with E-state index in [4.69, 9.17) is 15.3 Å². The summed E-state index contributed by atoms with van der Waals surface area (Å²) >= 11 is 0. The van der Waals surface area contributed by atoms with Crippen LogP contribution in [-0.2, 0) is 0 Å². The number of nitrogens with zero attached hydrogens (tertiary/aromatic N) is 3. The minimum absolute atomic E-state index is 0.0562. The Morgan fingerprint density at radius 3 is 2.70 bits per heavy atom. The molecule has 0 radical (unpaired) electrons. The SMILES string of the molecule is CC(C)Oc1cccc(C(=N)c2cc(N3CCC(F)(CO)CC3)ncn2)c1. The lowest BCUT2D eigenvalue weighted by molar-refractivity contribution is 0.0480. The molecule has 0 spiro atoms. The van der Waals surface area contributed by atoms with Crippen molar-refractivity contribution in [3.05, 3.63) is 47.9 Å². The van der Waals surface area contributed by atoms with E-state index in [2.05, 4.69) is 9.97 Å². The normalized spacial score (nSPS) is 16.4. The Bertz CT molecular complexity index is 804. The highest BCUT2D eigenvalue weighted by molar-refractivity contribution is 6.10. The molecule has 0 aliphatic carbocycles. The minimum atomic E-state index is -1.50. The van der Waals surface area contributed by atoms with Crippen molar-refractivity contribution in [2.45, 2.75) is 38.5 Å². The molecule has 0 amide bonds. The Labute approximate surface area is 158 Å². The Morgan fingerprint density at radius 1 is 1.30 bits per heavy atom. The zero-order valence-corrected chi connectivity index (χ0v) is 15.7. The van der Waals surface area contributed by atoms with Gasteiger partial charge >= 0.3 is 0 Å². The molecular formula is C20H25FN4O2. The first-order valence-corrected chi connectivity index (χ1v) is 9.13. The number of hydrogen-bond donors (Lipinski definition) is 2. The maximum Gasteiger partial charge on any atom is 0.137 e. The van der Waals surface area contributed by atoms with E-state index in [0.717, 1.165) is 0 Å². The van der Waals surface area contributed by atoms with Gasteiger partial charge in [0.2, 0.25) is 0 Å². The standard InChI is InChI=1S/C20H25FN4O2/c1-14(2)27-16-5-3-4-15(10-16)19(22)17-11-18(24-13-23-17)25-8-6-20(21,12-26)7-9-25/h3-5,10-11,13-14,22,26H,6-9,12H2,1-2H3. The van der Waals surface area contributed by atoms with Gasteiger partial charge < -0.3 is 14.7 Å². The van der Waals surface area contributed by atoms with Gasteiger partial charge in [-0.25, -0.2) is 14.4 Å². The summed E-state index contributed by atoms with van der Waals surface area (Å²) in [6.45, 7) is 4.40. The highest BCUT2D eigenvalue weighted by atomic mass is 19.1. The molecule has 1 aliphatic rings. The third-order valence-corrected chi connectivity index (χ3v) is 4.67. The van der Waals surface area contributed by atoms with Gasteiger partial charge in [0, 0.05) is 37.6 Å². The third-order valence-electron chi connectivity index (χ3n) is 4.67. The van der Waals surface area contributed by atoms with E-state index >= 15 is 0 Å². The number of aliphatic hydroxyl groups is 1. The lowest BCUT2D eigenvalue weighted by Crippen LogP contribution is -2.44. The summed E-state index contributed by atoms with van der Waals surface area (Å²) in [5, 5.41) is 17.7. The Balaban J connectivity index is 1.77. The topological polar surface area (TPSA) is 82.3 Å². The van der Waals surface area contributed by atoms with Crippen LogP contribution in [0.15, 0.2) is 36.7 Å². The van der Waals surface area contributed by atoms with E-state index in [-0.39, 0.29) is 24.7 Å². The van der Waals surface area contributed by atoms with Gasteiger partial charge in [-0.2, -0.15) is 0 Å². The second-order valence-corrected chi connectivity index (χ2v) is 7.13. The number of alkyl halides is 1. The van der Waals surface area contributed by atoms with Crippen molar-refractivity contribution in [2.24, 2.45) is 0 Å². The largest absolute Gasteiger partial charge is 0.491 e. The van der Waals surface area contributed by atoms with Gasteiger partial charge in [0.1, 0.15) is 23.6 Å². The molecule has 0 saturated carbocycles. The monoisotopic (exact) mass is 372 g/mol. The average molecular weight is 372 g/mol. The Kier molecular flexibility index (Phi) is 5.70. The summed E-state index contributed by atoms with van der Waals surface area (Å²) in [7, 11) is 0. The maximum absolute atomic E-state index is 14.2. The van der Waals surface area contributed by atoms with Crippen LogP contribution in [-0.4, -0.2) is 52.3 Å². The van der Waals surface area contributed by atoms with Crippen molar-refractivity contribution in [3.63, 3.8) is 0 Å². The van der Waals surface area contributed by atoms with Gasteiger partial charge in [-0.05, 0) is 26.0 Å². The van der Waals surface area contributed by atoms with E-state index in [1.54, 1.807) is 6.07 Å². The molecule has 0 bridgehead atoms. The fraction of sp³-hybridized carbons (Fsp3) is 0.450. The molecule has 1 aromatic heterocycles. The lowest BCUT2D eigenvalue weighted by Gasteiger charge is -2.35. The fourth-order valence-electron chi connectivity index (χ4n) is 3.10. The van der Waals surface area contributed by atoms with Gasteiger partial charge in [-0.15, -0.1) is 0 Å². The van der Waals surface area contributed by atoms with Crippen LogP contribution in [0.5, 0.6) is 5.75 Å². The van der Waals surface area contributed by atoms with Crippen molar-refractivity contribution in [1.29, 1.82) is 5.41 Å². The highest BCUT2D eigenvalue weighted by Gasteiger charge is 2.34. The van der Waals surface area contributed by atoms with Crippen LogP contribution in [0.3, 0.4) is 0 Å². The quantitative estimate of drug-likeness (QED) is 0.762. The molecule has 2 N–H and O–H groups in total. The van der Waals surface area contributed by atoms with Crippen molar-refractivity contribution in [3.8, 4) is 5.75 Å². The van der Waals surface area contributed by atoms with Crippen LogP contribution < -0.4 is 9.64 Å². The molecule has 27 heavy (non-hydrogen) atoms. The number of aromatic nitrogens is 2. The number of hydrogen-bond acceptors (Lipinski definition) is 6. The van der Waals surface area contributed by atoms with Gasteiger partial charge in [-0.1, -0.05) is 12.1 Å². The zero-order chi connectivity index (χ0) is 19.4. The van der Waals surface area contributed by atoms with Crippen LogP contribution in [0, 0.1) is 5.41 Å². The van der Waals surface area contributed by atoms with E-state index in [1.165, 1.54) is 6.33 Å². The number of aliphatic hydroxyl groups excluding tert-OH is 1. The minimum Gasteiger partial charge on any atom is -0.491 e. The smallest absolute Gasteiger partial charge is 0.137 e. The van der Waals surface area contributed by atoms with E-state index in [9.17, 15) is 4.39 Å². The first-order valence-electron chi connectivity index (χ1n) is 9.13. The van der Waals surface area contributed by atoms with Gasteiger partial charge in [0.05, 0.1) is 24.1 Å². The number of halogens is 1. The summed E-state index contributed by atoms with van der Waals surface area (Å²) < 4.78 is 19.9. The number of anilines is 1. The van der Waals surface area contributed by atoms with Crippen LogP contribution in [0.25, 0.3) is 0 Å². The third kappa shape index (κ3) is 4.60. The number of ether oxygens (including phenoxy) is 1. The first kappa shape index (κ1) is 19.2. The fourth-order valence-corrected chi connectivity index (χ4v) is 3.10. The number of piperidine rings is 1. The average Bonchev–Trinajstić information content (AvgIpc) is 2.68. The first-order chi connectivity index (χ1) is 12.9. The predicted molar refractivity (Wildman–Crippen MR) is 103 cm³/mol. The summed E-state index contributed by atoms with van der Waals surface area (Å²) in [6.07, 6.45) is 2.00. The number of rotatable bonds is 6. The van der Waals surface area contributed by atoms with Crippen molar-refractivity contribution < 1.29 is 14.2 Å². The molecule has 1 aliphatic heterocycles. The van der Waals surface area contributed by atoms with E-state index in [1.807, 2.05) is 43.0 Å². The van der Waals surface area contributed by atoms with Crippen LogP contribution in [0.2, 0.25) is 0 Å². The van der Waals surface area contributed by atoms with Crippen molar-refractivity contribution in [1.82, 2.24) is 9.97 Å². The van der Waals surface area contributed by atoms with Crippen molar-refractivity contribution >= 4 is 11.5 Å². The maximum atomic E-state index is 14.2. The van der Waals surface area contributed by atoms with Crippen molar-refractivity contribution in [2.75, 3.05) is 24.6 Å². The second-order valence-electron chi connectivity index (χ2n) is 7.13. The molecule has 3 rings (SSSR count). The van der Waals surface area contributed by atoms with E-state index < -0.39 is 12.3 Å². The molecule has 0 atom stereocenters. The van der Waals surface area contributed by atoms with Crippen LogP contribution in [0.4, 0.5) is 10.2 Å². The predicted octanol–water partition coefficient (Wildman–Crippen LogP) is 2.98. The Hall–Kier alpha value is -2.54. The van der Waals surface area contributed by atoms with Gasteiger partial charge in [0.25, 0.3) is 0 Å². The number of nitrogens with one attached hydrogen (secondary N) is 1. The summed E-state index contributed by atoms with van der Waals surface area (Å²) in [4.78, 5) is 10.5. The Morgan fingerprint density at radius 2 is 2.04 bits per heavy atom. The summed E-state index contributed by atoms with van der Waals surface area (Å²) in [6, 6.07) is 9.13. The molecule has 1 saturated heterocycles. The molecule has 6 nitrogen and oxygen atoms in total.